The van der Waals surface area contributed by atoms with Crippen molar-refractivity contribution < 1.29 is 19.1 Å². The summed E-state index contributed by atoms with van der Waals surface area (Å²) in [7, 11) is 0. The van der Waals surface area contributed by atoms with E-state index in [9.17, 15) is 15.2 Å². The minimum absolute atomic E-state index is 0.00466. The maximum absolute atomic E-state index is 12.3. The number of aromatic amines is 1. The van der Waals surface area contributed by atoms with Crippen LogP contribution in [0.1, 0.15) is 22.5 Å². The van der Waals surface area contributed by atoms with Crippen LogP contribution in [-0.2, 0) is 16.0 Å². The quantitative estimate of drug-likeness (QED) is 0.289. The Bertz CT molecular complexity index is 1300. The number of carbonyl (C=O) groups is 1. The predicted octanol–water partition coefficient (Wildman–Crippen LogP) is 4.50. The molecule has 0 saturated heterocycles. The Labute approximate surface area is 172 Å². The highest BCUT2D eigenvalue weighted by Crippen LogP contribution is 2.25. The third-order valence-electron chi connectivity index (χ3n) is 5.00. The average molecular weight is 401 g/mol. The summed E-state index contributed by atoms with van der Waals surface area (Å²) in [5.74, 6) is -0.684. The van der Waals surface area contributed by atoms with Crippen molar-refractivity contribution in [1.82, 2.24) is 9.97 Å². The second-order valence-electron chi connectivity index (χ2n) is 7.07. The standard InChI is InChI=1S/C23H19N3O4/c1-13-7-16-15(11-29-21(16)8-14(13)2)9-22(28)30-12-20(27)17(10-24)23-25-18-5-3-4-6-19(18)26-23/h3-8,11,27H,9,12H2,1-2H3,(H,25,26). The van der Waals surface area contributed by atoms with Gasteiger partial charge in [-0.25, -0.2) is 4.98 Å². The number of nitriles is 1. The fraction of sp³-hybridized carbons (Fsp3) is 0.174. The second-order valence-corrected chi connectivity index (χ2v) is 7.07. The number of imidazole rings is 1. The predicted molar refractivity (Wildman–Crippen MR) is 112 cm³/mol. The molecule has 7 nitrogen and oxygen atoms in total. The monoisotopic (exact) mass is 401 g/mol. The van der Waals surface area contributed by atoms with Gasteiger partial charge in [0.2, 0.25) is 0 Å². The molecule has 0 saturated carbocycles. The molecule has 30 heavy (non-hydrogen) atoms. The highest BCUT2D eigenvalue weighted by Gasteiger charge is 2.16. The van der Waals surface area contributed by atoms with Crippen LogP contribution >= 0.6 is 0 Å². The normalized spacial score (nSPS) is 12.0. The van der Waals surface area contributed by atoms with Crippen molar-refractivity contribution in [3.63, 3.8) is 0 Å². The van der Waals surface area contributed by atoms with Gasteiger partial charge in [-0.2, -0.15) is 5.26 Å². The fourth-order valence-electron chi connectivity index (χ4n) is 3.23. The van der Waals surface area contributed by atoms with Crippen LogP contribution in [0.3, 0.4) is 0 Å². The van der Waals surface area contributed by atoms with E-state index in [0.717, 1.165) is 22.0 Å². The zero-order valence-corrected chi connectivity index (χ0v) is 16.5. The summed E-state index contributed by atoms with van der Waals surface area (Å²) in [5, 5.41) is 20.6. The molecular formula is C23H19N3O4. The molecule has 4 aromatic rings. The van der Waals surface area contributed by atoms with Gasteiger partial charge in [-0.15, -0.1) is 0 Å². The summed E-state index contributed by atoms with van der Waals surface area (Å²) in [5.41, 5.74) is 4.96. The molecule has 2 aromatic carbocycles. The Kier molecular flexibility index (Phi) is 4.98. The molecule has 0 aliphatic rings. The molecule has 7 heteroatoms. The first-order valence-corrected chi connectivity index (χ1v) is 9.36. The number of nitrogens with zero attached hydrogens (tertiary/aromatic N) is 2. The number of benzene rings is 2. The zero-order valence-electron chi connectivity index (χ0n) is 16.5. The third kappa shape index (κ3) is 3.63. The first-order chi connectivity index (χ1) is 14.5. The summed E-state index contributed by atoms with van der Waals surface area (Å²) < 4.78 is 10.7. The number of aromatic nitrogens is 2. The number of allylic oxidation sites excluding steroid dienone is 1. The molecule has 4 rings (SSSR count). The van der Waals surface area contributed by atoms with Crippen LogP contribution in [0.4, 0.5) is 0 Å². The van der Waals surface area contributed by atoms with Crippen molar-refractivity contribution in [2.45, 2.75) is 20.3 Å². The van der Waals surface area contributed by atoms with Gasteiger partial charge in [0.1, 0.15) is 23.8 Å². The van der Waals surface area contributed by atoms with Crippen molar-refractivity contribution in [2.75, 3.05) is 6.61 Å². The minimum Gasteiger partial charge on any atom is -0.507 e. The van der Waals surface area contributed by atoms with E-state index < -0.39 is 12.6 Å². The van der Waals surface area contributed by atoms with Crippen LogP contribution < -0.4 is 0 Å². The minimum atomic E-state index is -0.538. The van der Waals surface area contributed by atoms with Crippen molar-refractivity contribution in [2.24, 2.45) is 0 Å². The molecule has 0 spiro atoms. The molecular weight excluding hydrogens is 382 g/mol. The van der Waals surface area contributed by atoms with Crippen LogP contribution in [0.25, 0.3) is 27.6 Å². The summed E-state index contributed by atoms with van der Waals surface area (Å²) in [6.07, 6.45) is 1.53. The van der Waals surface area contributed by atoms with Crippen LogP contribution in [0.5, 0.6) is 0 Å². The summed E-state index contributed by atoms with van der Waals surface area (Å²) in [6.45, 7) is 3.57. The Morgan fingerprint density at radius 1 is 1.27 bits per heavy atom. The number of para-hydroxylation sites is 2. The molecule has 0 aliphatic heterocycles. The number of ether oxygens (including phenoxy) is 1. The van der Waals surface area contributed by atoms with Crippen molar-refractivity contribution >= 4 is 33.5 Å². The maximum Gasteiger partial charge on any atom is 0.310 e. The van der Waals surface area contributed by atoms with Crippen LogP contribution in [-0.4, -0.2) is 27.7 Å². The molecule has 150 valence electrons. The highest BCUT2D eigenvalue weighted by molar-refractivity contribution is 5.87. The van der Waals surface area contributed by atoms with Crippen molar-refractivity contribution in [3.05, 3.63) is 70.9 Å². The molecule has 2 N–H and O–H groups in total. The number of esters is 1. The van der Waals surface area contributed by atoms with Gasteiger partial charge in [-0.3, -0.25) is 4.79 Å². The van der Waals surface area contributed by atoms with Gasteiger partial charge in [0.25, 0.3) is 0 Å². The van der Waals surface area contributed by atoms with E-state index in [2.05, 4.69) is 9.97 Å². The van der Waals surface area contributed by atoms with Gasteiger partial charge in [-0.05, 0) is 49.2 Å². The Morgan fingerprint density at radius 3 is 2.80 bits per heavy atom. The van der Waals surface area contributed by atoms with Crippen molar-refractivity contribution in [3.8, 4) is 6.07 Å². The Morgan fingerprint density at radius 2 is 2.03 bits per heavy atom. The maximum atomic E-state index is 12.3. The van der Waals surface area contributed by atoms with Gasteiger partial charge in [0, 0.05) is 10.9 Å². The second kappa shape index (κ2) is 7.76. The number of H-pyrrole nitrogens is 1. The smallest absolute Gasteiger partial charge is 0.310 e. The number of fused-ring (bicyclic) bond motifs is 2. The summed E-state index contributed by atoms with van der Waals surface area (Å²) in [6, 6.07) is 13.1. The largest absolute Gasteiger partial charge is 0.507 e. The molecule has 0 fully saturated rings. The molecule has 0 atom stereocenters. The van der Waals surface area contributed by atoms with Crippen LogP contribution in [0.15, 0.2) is 52.8 Å². The number of aliphatic hydroxyl groups excluding tert-OH is 1. The van der Waals surface area contributed by atoms with E-state index in [-0.39, 0.29) is 23.6 Å². The molecule has 2 aromatic heterocycles. The number of aliphatic hydroxyl groups is 1. The van der Waals surface area contributed by atoms with Gasteiger partial charge >= 0.3 is 5.97 Å². The Hall–Kier alpha value is -4.05. The van der Waals surface area contributed by atoms with Gasteiger partial charge in [0.05, 0.1) is 23.7 Å². The molecule has 0 bridgehead atoms. The number of nitrogens with one attached hydrogen (secondary N) is 1. The van der Waals surface area contributed by atoms with E-state index in [4.69, 9.17) is 9.15 Å². The lowest BCUT2D eigenvalue weighted by Gasteiger charge is -2.05. The molecule has 0 aliphatic carbocycles. The number of hydrogen-bond acceptors (Lipinski definition) is 6. The zero-order chi connectivity index (χ0) is 21.3. The topological polar surface area (TPSA) is 112 Å². The Balaban J connectivity index is 1.48. The average Bonchev–Trinajstić information content (AvgIpc) is 3.31. The first kappa shape index (κ1) is 19.3. The summed E-state index contributed by atoms with van der Waals surface area (Å²) in [4.78, 5) is 19.6. The number of aryl methyl sites for hydroxylation is 2. The SMILES string of the molecule is Cc1cc2occ(CC(=O)OCC(O)=C(C#N)c3nc4ccccc4[nH]3)c2cc1C. The third-order valence-corrected chi connectivity index (χ3v) is 5.00. The van der Waals surface area contributed by atoms with Crippen molar-refractivity contribution in [1.29, 1.82) is 5.26 Å². The first-order valence-electron chi connectivity index (χ1n) is 9.36. The number of carbonyl (C=O) groups excluding carboxylic acids is 1. The number of rotatable bonds is 5. The van der Waals surface area contributed by atoms with E-state index in [1.54, 1.807) is 6.07 Å². The van der Waals surface area contributed by atoms with E-state index in [1.165, 1.54) is 6.26 Å². The van der Waals surface area contributed by atoms with E-state index >= 15 is 0 Å². The van der Waals surface area contributed by atoms with Gasteiger partial charge in [0.15, 0.2) is 11.6 Å². The van der Waals surface area contributed by atoms with E-state index in [0.29, 0.717) is 16.7 Å². The number of hydrogen-bond donors (Lipinski definition) is 2. The molecule has 0 radical (unpaired) electrons. The number of furan rings is 1. The van der Waals surface area contributed by atoms with Crippen LogP contribution in [0, 0.1) is 25.2 Å². The lowest BCUT2D eigenvalue weighted by Crippen LogP contribution is -2.11. The van der Waals surface area contributed by atoms with E-state index in [1.807, 2.05) is 50.2 Å². The van der Waals surface area contributed by atoms with Gasteiger partial charge in [-0.1, -0.05) is 12.1 Å². The van der Waals surface area contributed by atoms with Crippen LogP contribution in [0.2, 0.25) is 0 Å². The van der Waals surface area contributed by atoms with Gasteiger partial charge < -0.3 is 19.2 Å². The summed E-state index contributed by atoms with van der Waals surface area (Å²) >= 11 is 0. The fourth-order valence-corrected chi connectivity index (χ4v) is 3.23. The lowest BCUT2D eigenvalue weighted by atomic mass is 10.0. The highest BCUT2D eigenvalue weighted by atomic mass is 16.5. The molecule has 2 heterocycles. The molecule has 0 unspecified atom stereocenters. The lowest BCUT2D eigenvalue weighted by molar-refractivity contribution is -0.142. The molecule has 0 amide bonds.